The molecule has 6 nitrogen and oxygen atoms in total. The molecule has 1 aliphatic rings. The van der Waals surface area contributed by atoms with Gasteiger partial charge in [-0.15, -0.1) is 0 Å². The lowest BCUT2D eigenvalue weighted by atomic mass is 10.0. The summed E-state index contributed by atoms with van der Waals surface area (Å²) in [6.07, 6.45) is 2.90. The van der Waals surface area contributed by atoms with E-state index in [1.807, 2.05) is 30.0 Å². The molecule has 2 aromatic rings. The Kier molecular flexibility index (Phi) is 4.51. The number of aryl methyl sites for hydroxylation is 1. The molecule has 3 rings (SSSR count). The molecular formula is C18H20N2O4S. The third kappa shape index (κ3) is 3.51. The van der Waals surface area contributed by atoms with Gasteiger partial charge < -0.3 is 4.90 Å². The molecular weight excluding hydrogens is 340 g/mol. The lowest BCUT2D eigenvalue weighted by Crippen LogP contribution is -2.23. The molecule has 1 atom stereocenters. The average Bonchev–Trinajstić information content (AvgIpc) is 3.02. The second kappa shape index (κ2) is 6.48. The van der Waals surface area contributed by atoms with Crippen molar-refractivity contribution in [1.29, 1.82) is 0 Å². The Morgan fingerprint density at radius 1 is 1.20 bits per heavy atom. The van der Waals surface area contributed by atoms with Crippen LogP contribution in [-0.4, -0.2) is 26.1 Å². The second-order valence-corrected chi connectivity index (χ2v) is 8.46. The molecule has 0 spiro atoms. The molecule has 0 bridgehead atoms. The minimum absolute atomic E-state index is 0.0331. The monoisotopic (exact) mass is 360 g/mol. The quantitative estimate of drug-likeness (QED) is 0.614. The second-order valence-electron chi connectivity index (χ2n) is 6.45. The van der Waals surface area contributed by atoms with Gasteiger partial charge in [0.25, 0.3) is 5.69 Å². The van der Waals surface area contributed by atoms with Gasteiger partial charge in [-0.25, -0.2) is 8.42 Å². The maximum Gasteiger partial charge on any atom is 0.293 e. The molecule has 0 aliphatic carbocycles. The van der Waals surface area contributed by atoms with Gasteiger partial charge in [0.1, 0.15) is 5.69 Å². The van der Waals surface area contributed by atoms with Crippen LogP contribution in [0.3, 0.4) is 0 Å². The van der Waals surface area contributed by atoms with E-state index in [0.29, 0.717) is 12.2 Å². The highest BCUT2D eigenvalue weighted by Gasteiger charge is 2.31. The molecule has 0 N–H and O–H groups in total. The van der Waals surface area contributed by atoms with Crippen molar-refractivity contribution in [3.05, 3.63) is 63.7 Å². The lowest BCUT2D eigenvalue weighted by Gasteiger charge is -2.27. The molecule has 1 saturated heterocycles. The molecule has 0 amide bonds. The number of nitrogens with zero attached hydrogens (tertiary/aromatic N) is 2. The average molecular weight is 360 g/mol. The number of hydrogen-bond acceptors (Lipinski definition) is 5. The van der Waals surface area contributed by atoms with Crippen LogP contribution in [-0.2, 0) is 9.84 Å². The van der Waals surface area contributed by atoms with Crippen LogP contribution in [0.25, 0.3) is 0 Å². The number of sulfone groups is 1. The normalized spacial score (nSPS) is 17.7. The van der Waals surface area contributed by atoms with Gasteiger partial charge in [-0.3, -0.25) is 10.1 Å². The highest BCUT2D eigenvalue weighted by atomic mass is 32.2. The summed E-state index contributed by atoms with van der Waals surface area (Å²) in [7, 11) is -3.49. The van der Waals surface area contributed by atoms with E-state index in [1.54, 1.807) is 6.07 Å². The lowest BCUT2D eigenvalue weighted by molar-refractivity contribution is -0.384. The maximum absolute atomic E-state index is 11.7. The van der Waals surface area contributed by atoms with Crippen molar-refractivity contribution in [3.8, 4) is 0 Å². The van der Waals surface area contributed by atoms with E-state index in [0.717, 1.165) is 36.3 Å². The fourth-order valence-electron chi connectivity index (χ4n) is 3.40. The van der Waals surface area contributed by atoms with Crippen LogP contribution in [0.1, 0.15) is 30.0 Å². The van der Waals surface area contributed by atoms with Gasteiger partial charge in [-0.2, -0.15) is 0 Å². The van der Waals surface area contributed by atoms with Crippen molar-refractivity contribution in [2.45, 2.75) is 30.7 Å². The Hall–Kier alpha value is -2.41. The molecule has 1 aliphatic heterocycles. The first kappa shape index (κ1) is 17.4. The number of hydrogen-bond donors (Lipinski definition) is 0. The zero-order valence-corrected chi connectivity index (χ0v) is 15.0. The molecule has 0 saturated carbocycles. The van der Waals surface area contributed by atoms with E-state index in [2.05, 4.69) is 6.07 Å². The summed E-state index contributed by atoms with van der Waals surface area (Å²) in [5, 5.41) is 11.5. The molecule has 2 aromatic carbocycles. The third-order valence-electron chi connectivity index (χ3n) is 4.56. The van der Waals surface area contributed by atoms with Gasteiger partial charge in [0, 0.05) is 18.9 Å². The number of benzene rings is 2. The molecule has 0 radical (unpaired) electrons. The third-order valence-corrected chi connectivity index (χ3v) is 5.67. The van der Waals surface area contributed by atoms with E-state index in [9.17, 15) is 18.5 Å². The number of nitro benzene ring substituents is 1. The van der Waals surface area contributed by atoms with Crippen molar-refractivity contribution < 1.29 is 13.3 Å². The minimum Gasteiger partial charge on any atom is -0.359 e. The van der Waals surface area contributed by atoms with Crippen molar-refractivity contribution in [1.82, 2.24) is 0 Å². The SMILES string of the molecule is Cc1cccc(C2CCCN2c2ccc(S(C)(=O)=O)cc2[N+](=O)[O-])c1. The van der Waals surface area contributed by atoms with Crippen molar-refractivity contribution in [2.24, 2.45) is 0 Å². The van der Waals surface area contributed by atoms with E-state index in [-0.39, 0.29) is 16.6 Å². The summed E-state index contributed by atoms with van der Waals surface area (Å²) in [5.41, 5.74) is 2.58. The fourth-order valence-corrected chi connectivity index (χ4v) is 4.04. The zero-order valence-electron chi connectivity index (χ0n) is 14.2. The van der Waals surface area contributed by atoms with Crippen LogP contribution < -0.4 is 4.90 Å². The van der Waals surface area contributed by atoms with E-state index >= 15 is 0 Å². The van der Waals surface area contributed by atoms with Crippen molar-refractivity contribution in [3.63, 3.8) is 0 Å². The minimum atomic E-state index is -3.49. The van der Waals surface area contributed by atoms with Crippen molar-refractivity contribution in [2.75, 3.05) is 17.7 Å². The largest absolute Gasteiger partial charge is 0.359 e. The maximum atomic E-state index is 11.7. The van der Waals surface area contributed by atoms with Gasteiger partial charge in [0.15, 0.2) is 9.84 Å². The van der Waals surface area contributed by atoms with E-state index in [4.69, 9.17) is 0 Å². The molecule has 1 heterocycles. The van der Waals surface area contributed by atoms with Gasteiger partial charge in [-0.1, -0.05) is 29.8 Å². The Bertz CT molecular complexity index is 924. The highest BCUT2D eigenvalue weighted by molar-refractivity contribution is 7.90. The zero-order chi connectivity index (χ0) is 18.2. The Balaban J connectivity index is 2.07. The summed E-state index contributed by atoms with van der Waals surface area (Å²) in [6, 6.07) is 12.4. The molecule has 132 valence electrons. The Morgan fingerprint density at radius 3 is 2.60 bits per heavy atom. The first-order valence-electron chi connectivity index (χ1n) is 8.09. The van der Waals surface area contributed by atoms with Crippen LogP contribution in [0.15, 0.2) is 47.4 Å². The smallest absolute Gasteiger partial charge is 0.293 e. The first-order chi connectivity index (χ1) is 11.8. The molecule has 0 aromatic heterocycles. The van der Waals surface area contributed by atoms with Gasteiger partial charge in [0.05, 0.1) is 15.9 Å². The predicted molar refractivity (Wildman–Crippen MR) is 96.7 cm³/mol. The summed E-state index contributed by atoms with van der Waals surface area (Å²) >= 11 is 0. The van der Waals surface area contributed by atoms with E-state index < -0.39 is 14.8 Å². The summed E-state index contributed by atoms with van der Waals surface area (Å²) < 4.78 is 23.5. The number of anilines is 1. The van der Waals surface area contributed by atoms with Crippen LogP contribution in [0.5, 0.6) is 0 Å². The van der Waals surface area contributed by atoms with Crippen molar-refractivity contribution >= 4 is 21.2 Å². The number of rotatable bonds is 4. The topological polar surface area (TPSA) is 80.5 Å². The number of nitro groups is 1. The van der Waals surface area contributed by atoms with Gasteiger partial charge in [0.2, 0.25) is 0 Å². The van der Waals surface area contributed by atoms with Crippen LogP contribution in [0, 0.1) is 17.0 Å². The Labute approximate surface area is 147 Å². The van der Waals surface area contributed by atoms with E-state index in [1.165, 1.54) is 6.07 Å². The predicted octanol–water partition coefficient (Wildman–Crippen LogP) is 3.65. The summed E-state index contributed by atoms with van der Waals surface area (Å²) in [5.74, 6) is 0. The summed E-state index contributed by atoms with van der Waals surface area (Å²) in [6.45, 7) is 2.73. The first-order valence-corrected chi connectivity index (χ1v) is 9.98. The van der Waals surface area contributed by atoms with Crippen LogP contribution >= 0.6 is 0 Å². The Morgan fingerprint density at radius 2 is 1.96 bits per heavy atom. The highest BCUT2D eigenvalue weighted by Crippen LogP contribution is 2.41. The van der Waals surface area contributed by atoms with Crippen LogP contribution in [0.4, 0.5) is 11.4 Å². The summed E-state index contributed by atoms with van der Waals surface area (Å²) in [4.78, 5) is 13.0. The standard InChI is InChI=1S/C18H20N2O4S/c1-13-5-3-6-14(11-13)16-7-4-10-19(16)17-9-8-15(25(2,23)24)12-18(17)20(21)22/h3,5-6,8-9,11-12,16H,4,7,10H2,1-2H3. The molecule has 1 fully saturated rings. The van der Waals surface area contributed by atoms with Gasteiger partial charge in [-0.05, 0) is 37.5 Å². The molecule has 25 heavy (non-hydrogen) atoms. The molecule has 7 heteroatoms. The van der Waals surface area contributed by atoms with Crippen LogP contribution in [0.2, 0.25) is 0 Å². The van der Waals surface area contributed by atoms with Gasteiger partial charge >= 0.3 is 0 Å². The molecule has 1 unspecified atom stereocenters. The fraction of sp³-hybridized carbons (Fsp3) is 0.333.